The molecule has 28 heavy (non-hydrogen) atoms. The minimum Gasteiger partial charge on any atom is -0.463 e. The third-order valence-corrected chi connectivity index (χ3v) is 4.80. The van der Waals surface area contributed by atoms with E-state index < -0.39 is 30.3 Å². The molecule has 0 spiro atoms. The van der Waals surface area contributed by atoms with Crippen LogP contribution in [0, 0.1) is 6.92 Å². The molecule has 2 aromatic rings. The van der Waals surface area contributed by atoms with E-state index in [0.29, 0.717) is 5.56 Å². The summed E-state index contributed by atoms with van der Waals surface area (Å²) in [5.41, 5.74) is -1.15. The third kappa shape index (κ3) is 3.69. The van der Waals surface area contributed by atoms with Gasteiger partial charge in [-0.2, -0.15) is 13.2 Å². The molecule has 0 amide bonds. The van der Waals surface area contributed by atoms with Crippen LogP contribution < -0.4 is 0 Å². The van der Waals surface area contributed by atoms with Crippen LogP contribution in [-0.4, -0.2) is 18.8 Å². The molecular weight excluding hydrogens is 369 g/mol. The molecule has 0 aliphatic carbocycles. The Balaban J connectivity index is 2.13. The van der Waals surface area contributed by atoms with Gasteiger partial charge in [0.15, 0.2) is 5.60 Å². The number of rotatable bonds is 4. The van der Waals surface area contributed by atoms with E-state index in [0.717, 1.165) is 5.56 Å². The van der Waals surface area contributed by atoms with Crippen LogP contribution in [0.4, 0.5) is 13.2 Å². The van der Waals surface area contributed by atoms with Crippen LogP contribution in [0.3, 0.4) is 0 Å². The summed E-state index contributed by atoms with van der Waals surface area (Å²) in [4.78, 5) is 12.4. The number of benzene rings is 2. The van der Waals surface area contributed by atoms with Crippen molar-refractivity contribution in [3.05, 3.63) is 82.9 Å². The first-order chi connectivity index (χ1) is 13.3. The van der Waals surface area contributed by atoms with Crippen molar-refractivity contribution in [2.75, 3.05) is 6.61 Å². The first-order valence-corrected chi connectivity index (χ1v) is 9.02. The van der Waals surface area contributed by atoms with Gasteiger partial charge in [0, 0.05) is 6.42 Å². The molecule has 148 valence electrons. The minimum atomic E-state index is -4.67. The van der Waals surface area contributed by atoms with Gasteiger partial charge in [0.2, 0.25) is 0 Å². The Bertz CT molecular complexity index is 857. The molecule has 0 radical (unpaired) electrons. The van der Waals surface area contributed by atoms with Crippen molar-refractivity contribution in [3.63, 3.8) is 0 Å². The summed E-state index contributed by atoms with van der Waals surface area (Å²) in [6.07, 6.45) is -5.06. The molecule has 0 N–H and O–H groups in total. The zero-order chi connectivity index (χ0) is 20.4. The fourth-order valence-corrected chi connectivity index (χ4v) is 3.31. The molecule has 3 nitrogen and oxygen atoms in total. The topological polar surface area (TPSA) is 35.5 Å². The second kappa shape index (κ2) is 7.80. The number of carbonyl (C=O) groups excluding carboxylic acids is 1. The molecule has 2 atom stereocenters. The van der Waals surface area contributed by atoms with Crippen LogP contribution in [0.5, 0.6) is 0 Å². The lowest BCUT2D eigenvalue weighted by Crippen LogP contribution is -2.48. The minimum absolute atomic E-state index is 0.00527. The number of hydrogen-bond donors (Lipinski definition) is 0. The normalized spacial score (nSPS) is 22.5. The van der Waals surface area contributed by atoms with Gasteiger partial charge in [-0.3, -0.25) is 0 Å². The van der Waals surface area contributed by atoms with Crippen molar-refractivity contribution < 1.29 is 27.4 Å². The summed E-state index contributed by atoms with van der Waals surface area (Å²) in [6, 6.07) is 14.5. The van der Waals surface area contributed by atoms with E-state index in [4.69, 9.17) is 9.47 Å². The summed E-state index contributed by atoms with van der Waals surface area (Å²) in [7, 11) is 0. The third-order valence-electron chi connectivity index (χ3n) is 4.80. The van der Waals surface area contributed by atoms with Crippen molar-refractivity contribution >= 4 is 5.97 Å². The highest BCUT2D eigenvalue weighted by atomic mass is 19.4. The highest BCUT2D eigenvalue weighted by Crippen LogP contribution is 2.52. The number of carbonyl (C=O) groups is 1. The van der Waals surface area contributed by atoms with Crippen LogP contribution in [0.2, 0.25) is 0 Å². The maximum Gasteiger partial charge on any atom is 0.422 e. The molecule has 0 aromatic heterocycles. The van der Waals surface area contributed by atoms with Crippen molar-refractivity contribution in [2.24, 2.45) is 0 Å². The molecule has 0 bridgehead atoms. The van der Waals surface area contributed by atoms with Gasteiger partial charge in [0.1, 0.15) is 6.10 Å². The lowest BCUT2D eigenvalue weighted by Gasteiger charge is -2.42. The lowest BCUT2D eigenvalue weighted by atomic mass is 9.83. The number of aryl methyl sites for hydroxylation is 1. The van der Waals surface area contributed by atoms with Gasteiger partial charge in [-0.15, -0.1) is 0 Å². The Morgan fingerprint density at radius 2 is 1.79 bits per heavy atom. The number of alkyl halides is 3. The predicted molar refractivity (Wildman–Crippen MR) is 98.5 cm³/mol. The van der Waals surface area contributed by atoms with Gasteiger partial charge in [-0.05, 0) is 25.0 Å². The van der Waals surface area contributed by atoms with E-state index in [1.165, 1.54) is 18.2 Å². The Morgan fingerprint density at radius 1 is 1.14 bits per heavy atom. The van der Waals surface area contributed by atoms with Gasteiger partial charge < -0.3 is 9.47 Å². The molecule has 2 aromatic carbocycles. The van der Waals surface area contributed by atoms with Crippen LogP contribution in [0.25, 0.3) is 0 Å². The molecule has 1 aliphatic rings. The SMILES string of the molecule is CCOC(=O)C1=CC[C@@](c2ccc(C)cc2)(C(F)(F)F)O[C@@H]1c1ccccc1. The number of ether oxygens (including phenoxy) is 2. The average molecular weight is 390 g/mol. The molecular formula is C22H21F3O3. The first-order valence-electron chi connectivity index (χ1n) is 9.02. The molecule has 1 aliphatic heterocycles. The summed E-state index contributed by atoms with van der Waals surface area (Å²) >= 11 is 0. The van der Waals surface area contributed by atoms with Crippen LogP contribution in [-0.2, 0) is 19.9 Å². The van der Waals surface area contributed by atoms with Gasteiger partial charge in [0.05, 0.1) is 12.2 Å². The number of halogens is 3. The van der Waals surface area contributed by atoms with Gasteiger partial charge >= 0.3 is 12.1 Å². The zero-order valence-corrected chi connectivity index (χ0v) is 15.6. The fraction of sp³-hybridized carbons (Fsp3) is 0.318. The summed E-state index contributed by atoms with van der Waals surface area (Å²) < 4.78 is 53.6. The smallest absolute Gasteiger partial charge is 0.422 e. The van der Waals surface area contributed by atoms with Crippen molar-refractivity contribution in [3.8, 4) is 0 Å². The van der Waals surface area contributed by atoms with Gasteiger partial charge in [-0.1, -0.05) is 66.2 Å². The predicted octanol–water partition coefficient (Wildman–Crippen LogP) is 5.40. The largest absolute Gasteiger partial charge is 0.463 e. The molecule has 1 heterocycles. The summed E-state index contributed by atoms with van der Waals surface area (Å²) in [5.74, 6) is -0.670. The van der Waals surface area contributed by atoms with Crippen molar-refractivity contribution in [2.45, 2.75) is 38.1 Å². The van der Waals surface area contributed by atoms with Gasteiger partial charge in [0.25, 0.3) is 0 Å². The van der Waals surface area contributed by atoms with E-state index >= 15 is 0 Å². The Labute approximate surface area is 161 Å². The second-order valence-electron chi connectivity index (χ2n) is 6.68. The van der Waals surface area contributed by atoms with Crippen molar-refractivity contribution in [1.82, 2.24) is 0 Å². The van der Waals surface area contributed by atoms with Gasteiger partial charge in [-0.25, -0.2) is 4.79 Å². The quantitative estimate of drug-likeness (QED) is 0.656. The highest BCUT2D eigenvalue weighted by Gasteiger charge is 2.60. The van der Waals surface area contributed by atoms with Crippen molar-refractivity contribution in [1.29, 1.82) is 0 Å². The zero-order valence-electron chi connectivity index (χ0n) is 15.6. The standard InChI is InChI=1S/C22H21F3O3/c1-3-27-20(26)18-13-14-21(22(23,24)25,17-11-9-15(2)10-12-17)28-19(18)16-7-5-4-6-8-16/h4-13,19H,3,14H2,1-2H3/t19-,21-/m1/s1. The number of hydrogen-bond acceptors (Lipinski definition) is 3. The summed E-state index contributed by atoms with van der Waals surface area (Å²) in [5, 5.41) is 0. The van der Waals surface area contributed by atoms with Crippen LogP contribution >= 0.6 is 0 Å². The first kappa shape index (κ1) is 20.1. The van der Waals surface area contributed by atoms with Crippen LogP contribution in [0.1, 0.15) is 36.1 Å². The molecule has 0 unspecified atom stereocenters. The monoisotopic (exact) mass is 390 g/mol. The average Bonchev–Trinajstić information content (AvgIpc) is 2.68. The molecule has 0 saturated carbocycles. The highest BCUT2D eigenvalue weighted by molar-refractivity contribution is 5.90. The Hall–Kier alpha value is -2.60. The van der Waals surface area contributed by atoms with E-state index in [-0.39, 0.29) is 17.7 Å². The van der Waals surface area contributed by atoms with E-state index in [1.54, 1.807) is 56.3 Å². The Kier molecular flexibility index (Phi) is 5.61. The van der Waals surface area contributed by atoms with E-state index in [1.807, 2.05) is 0 Å². The summed E-state index contributed by atoms with van der Waals surface area (Å²) in [6.45, 7) is 3.57. The fourth-order valence-electron chi connectivity index (χ4n) is 3.31. The maximum absolute atomic E-state index is 14.3. The Morgan fingerprint density at radius 3 is 2.36 bits per heavy atom. The van der Waals surface area contributed by atoms with E-state index in [9.17, 15) is 18.0 Å². The molecule has 0 fully saturated rings. The molecule has 0 saturated heterocycles. The molecule has 6 heteroatoms. The van der Waals surface area contributed by atoms with E-state index in [2.05, 4.69) is 0 Å². The maximum atomic E-state index is 14.3. The molecule has 3 rings (SSSR count). The lowest BCUT2D eigenvalue weighted by molar-refractivity contribution is -0.298. The van der Waals surface area contributed by atoms with Crippen LogP contribution in [0.15, 0.2) is 66.2 Å². The second-order valence-corrected chi connectivity index (χ2v) is 6.68. The number of esters is 1.